The molecule has 0 aliphatic carbocycles. The number of aromatic hydroxyl groups is 2. The summed E-state index contributed by atoms with van der Waals surface area (Å²) in [6.07, 6.45) is -0.477. The molecular formula is C35H40O4. The topological polar surface area (TPSA) is 80.9 Å². The fraction of sp³-hybridized carbons (Fsp3) is 0.314. The molecule has 2 atom stereocenters. The van der Waals surface area contributed by atoms with E-state index in [1.54, 1.807) is 48.5 Å². The molecular weight excluding hydrogens is 484 g/mol. The van der Waals surface area contributed by atoms with Gasteiger partial charge in [-0.05, 0) is 64.1 Å². The van der Waals surface area contributed by atoms with Crippen molar-refractivity contribution in [2.45, 2.75) is 70.0 Å². The number of phenols is 2. The molecule has 4 nitrogen and oxygen atoms in total. The maximum Gasteiger partial charge on any atom is 0.115 e. The van der Waals surface area contributed by atoms with Crippen LogP contribution >= 0.6 is 0 Å². The monoisotopic (exact) mass is 524 g/mol. The quantitative estimate of drug-likeness (QED) is 0.181. The van der Waals surface area contributed by atoms with Crippen molar-refractivity contribution in [2.75, 3.05) is 0 Å². The highest BCUT2D eigenvalue weighted by molar-refractivity contribution is 5.41. The van der Waals surface area contributed by atoms with Crippen LogP contribution in [0.2, 0.25) is 0 Å². The average molecular weight is 525 g/mol. The van der Waals surface area contributed by atoms with Gasteiger partial charge in [-0.3, -0.25) is 0 Å². The van der Waals surface area contributed by atoms with E-state index in [2.05, 4.69) is 55.5 Å². The fourth-order valence-corrected chi connectivity index (χ4v) is 5.42. The molecule has 0 spiro atoms. The van der Waals surface area contributed by atoms with Crippen LogP contribution in [0.25, 0.3) is 0 Å². The molecule has 0 radical (unpaired) electrons. The van der Waals surface area contributed by atoms with Gasteiger partial charge >= 0.3 is 0 Å². The number of aliphatic hydroxyl groups is 2. The number of phenolic OH excluding ortho intramolecular Hbond substituents is 2. The molecule has 4 aromatic rings. The van der Waals surface area contributed by atoms with Crippen LogP contribution in [-0.2, 0) is 10.8 Å². The Hall–Kier alpha value is -3.60. The normalized spacial score (nSPS) is 14.5. The van der Waals surface area contributed by atoms with E-state index in [-0.39, 0.29) is 17.4 Å². The molecule has 39 heavy (non-hydrogen) atoms. The Kier molecular flexibility index (Phi) is 8.20. The molecule has 0 saturated carbocycles. The summed E-state index contributed by atoms with van der Waals surface area (Å²) in [5.74, 6) is 0.594. The summed E-state index contributed by atoms with van der Waals surface area (Å²) >= 11 is 0. The molecule has 0 aromatic heterocycles. The minimum atomic E-state index is -0.709. The summed E-state index contributed by atoms with van der Waals surface area (Å²) < 4.78 is 0. The minimum absolute atomic E-state index is 0.184. The minimum Gasteiger partial charge on any atom is -0.508 e. The van der Waals surface area contributed by atoms with E-state index in [1.165, 1.54) is 11.1 Å². The molecule has 0 bridgehead atoms. The Morgan fingerprint density at radius 1 is 0.487 bits per heavy atom. The Bertz CT molecular complexity index is 1250. The lowest BCUT2D eigenvalue weighted by Gasteiger charge is -2.32. The van der Waals surface area contributed by atoms with Crippen LogP contribution in [-0.4, -0.2) is 20.4 Å². The van der Waals surface area contributed by atoms with E-state index in [0.717, 1.165) is 28.7 Å². The lowest BCUT2D eigenvalue weighted by molar-refractivity contribution is 0.100. The van der Waals surface area contributed by atoms with E-state index in [0.29, 0.717) is 0 Å². The third-order valence-electron chi connectivity index (χ3n) is 8.31. The van der Waals surface area contributed by atoms with E-state index in [9.17, 15) is 20.4 Å². The van der Waals surface area contributed by atoms with Crippen LogP contribution in [0.4, 0.5) is 0 Å². The molecule has 0 fully saturated rings. The molecule has 4 aromatic carbocycles. The van der Waals surface area contributed by atoms with Crippen molar-refractivity contribution >= 4 is 0 Å². The Morgan fingerprint density at radius 3 is 1.05 bits per heavy atom. The molecule has 4 rings (SSSR count). The number of hydrogen-bond donors (Lipinski definition) is 4. The predicted molar refractivity (Wildman–Crippen MR) is 157 cm³/mol. The van der Waals surface area contributed by atoms with Crippen molar-refractivity contribution in [3.8, 4) is 11.5 Å². The van der Waals surface area contributed by atoms with Gasteiger partial charge < -0.3 is 20.4 Å². The molecule has 2 unspecified atom stereocenters. The van der Waals surface area contributed by atoms with Gasteiger partial charge in [-0.15, -0.1) is 0 Å². The first-order chi connectivity index (χ1) is 18.4. The summed E-state index contributed by atoms with van der Waals surface area (Å²) in [4.78, 5) is 0. The highest BCUT2D eigenvalue weighted by atomic mass is 16.3. The van der Waals surface area contributed by atoms with Crippen molar-refractivity contribution in [1.82, 2.24) is 0 Å². The van der Waals surface area contributed by atoms with Gasteiger partial charge in [0, 0.05) is 16.7 Å². The zero-order chi connectivity index (χ0) is 28.4. The molecule has 0 heterocycles. The summed E-state index contributed by atoms with van der Waals surface area (Å²) in [6.45, 7) is 10.3. The lowest BCUT2D eigenvalue weighted by Crippen LogP contribution is -2.27. The van der Waals surface area contributed by atoms with Crippen LogP contribution in [0, 0.1) is 0 Å². The van der Waals surface area contributed by atoms with Gasteiger partial charge in [0.2, 0.25) is 0 Å². The first kappa shape index (κ1) is 28.4. The standard InChI is InChI=1S/C35H40O4/c1-6-31(23-7-15-27(16-8-23)34(2,3)32(38)25-11-19-29(36)20-12-25)24-9-17-28(18-10-24)35(4,5)33(39)26-13-21-30(37)22-14-26/h7-22,31-33,36-39H,6H2,1-5H3. The van der Waals surface area contributed by atoms with Gasteiger partial charge in [0.1, 0.15) is 11.5 Å². The first-order valence-electron chi connectivity index (χ1n) is 13.6. The van der Waals surface area contributed by atoms with Gasteiger partial charge in [-0.25, -0.2) is 0 Å². The summed E-state index contributed by atoms with van der Waals surface area (Å²) in [5.41, 5.74) is 5.04. The third-order valence-corrected chi connectivity index (χ3v) is 8.31. The van der Waals surface area contributed by atoms with E-state index in [1.807, 2.05) is 27.7 Å². The van der Waals surface area contributed by atoms with E-state index in [4.69, 9.17) is 0 Å². The maximum absolute atomic E-state index is 11.1. The number of aliphatic hydroxyl groups excluding tert-OH is 2. The van der Waals surface area contributed by atoms with Crippen molar-refractivity contribution in [3.63, 3.8) is 0 Å². The largest absolute Gasteiger partial charge is 0.508 e. The number of rotatable bonds is 9. The van der Waals surface area contributed by atoms with E-state index < -0.39 is 23.0 Å². The molecule has 0 amide bonds. The van der Waals surface area contributed by atoms with Crippen LogP contribution in [0.1, 0.15) is 92.5 Å². The molecule has 0 saturated heterocycles. The second kappa shape index (κ2) is 11.3. The second-order valence-corrected chi connectivity index (χ2v) is 11.6. The van der Waals surface area contributed by atoms with Crippen LogP contribution < -0.4 is 0 Å². The maximum atomic E-state index is 11.1. The van der Waals surface area contributed by atoms with Crippen molar-refractivity contribution < 1.29 is 20.4 Å². The fourth-order valence-electron chi connectivity index (χ4n) is 5.42. The van der Waals surface area contributed by atoms with Crippen LogP contribution in [0.3, 0.4) is 0 Å². The van der Waals surface area contributed by atoms with Gasteiger partial charge in [-0.2, -0.15) is 0 Å². The predicted octanol–water partition coefficient (Wildman–Crippen LogP) is 7.66. The molecule has 4 heteroatoms. The third kappa shape index (κ3) is 5.88. The highest BCUT2D eigenvalue weighted by Crippen LogP contribution is 2.40. The Morgan fingerprint density at radius 2 is 0.769 bits per heavy atom. The van der Waals surface area contributed by atoms with Crippen LogP contribution in [0.5, 0.6) is 11.5 Å². The van der Waals surface area contributed by atoms with E-state index >= 15 is 0 Å². The number of benzene rings is 4. The van der Waals surface area contributed by atoms with Gasteiger partial charge in [0.15, 0.2) is 0 Å². The molecule has 0 aliphatic rings. The number of hydrogen-bond acceptors (Lipinski definition) is 4. The molecule has 204 valence electrons. The van der Waals surface area contributed by atoms with Gasteiger partial charge in [0.25, 0.3) is 0 Å². The zero-order valence-electron chi connectivity index (χ0n) is 23.5. The smallest absolute Gasteiger partial charge is 0.115 e. The molecule has 0 aliphatic heterocycles. The molecule has 4 N–H and O–H groups in total. The van der Waals surface area contributed by atoms with Gasteiger partial charge in [-0.1, -0.05) is 107 Å². The summed E-state index contributed by atoms with van der Waals surface area (Å²) in [5, 5.41) is 41.4. The Labute approximate surface area is 232 Å². The second-order valence-electron chi connectivity index (χ2n) is 11.6. The first-order valence-corrected chi connectivity index (χ1v) is 13.6. The van der Waals surface area contributed by atoms with Crippen molar-refractivity contribution in [2.24, 2.45) is 0 Å². The summed E-state index contributed by atoms with van der Waals surface area (Å²) in [6, 6.07) is 30.5. The summed E-state index contributed by atoms with van der Waals surface area (Å²) in [7, 11) is 0. The average Bonchev–Trinajstić information content (AvgIpc) is 2.94. The van der Waals surface area contributed by atoms with Gasteiger partial charge in [0.05, 0.1) is 12.2 Å². The van der Waals surface area contributed by atoms with Crippen LogP contribution in [0.15, 0.2) is 97.1 Å². The Balaban J connectivity index is 1.53. The highest BCUT2D eigenvalue weighted by Gasteiger charge is 2.32. The lowest BCUT2D eigenvalue weighted by atomic mass is 9.75. The van der Waals surface area contributed by atoms with Crippen molar-refractivity contribution in [3.05, 3.63) is 130 Å². The SMILES string of the molecule is CCC(c1ccc(C(C)(C)C(O)c2ccc(O)cc2)cc1)c1ccc(C(C)(C)C(O)c2ccc(O)cc2)cc1. The van der Waals surface area contributed by atoms with Crippen molar-refractivity contribution in [1.29, 1.82) is 0 Å². The zero-order valence-corrected chi connectivity index (χ0v) is 23.5.